The van der Waals surface area contributed by atoms with E-state index in [1.165, 1.54) is 7.11 Å². The van der Waals surface area contributed by atoms with Gasteiger partial charge in [-0.15, -0.1) is 0 Å². The summed E-state index contributed by atoms with van der Waals surface area (Å²) in [6, 6.07) is 5.17. The van der Waals surface area contributed by atoms with Crippen LogP contribution in [0.1, 0.15) is 0 Å². The summed E-state index contributed by atoms with van der Waals surface area (Å²) in [4.78, 5) is 0.583. The third-order valence-electron chi connectivity index (χ3n) is 1.84. The lowest BCUT2D eigenvalue weighted by atomic mass is 10.3. The molecule has 1 aromatic carbocycles. The Morgan fingerprint density at radius 1 is 1.29 bits per heavy atom. The van der Waals surface area contributed by atoms with Crippen LogP contribution in [0.5, 0.6) is 11.5 Å². The van der Waals surface area contributed by atoms with Crippen LogP contribution in [0.2, 0.25) is 0 Å². The normalized spacial score (nSPS) is 14.5. The van der Waals surface area contributed by atoms with Gasteiger partial charge in [-0.3, -0.25) is 4.21 Å². The maximum atomic E-state index is 11.8. The van der Waals surface area contributed by atoms with E-state index in [0.29, 0.717) is 16.4 Å². The maximum Gasteiger partial charge on any atom is 0.134 e. The molecule has 0 fully saturated rings. The molecule has 0 aliphatic heterocycles. The molecule has 0 saturated heterocycles. The molecule has 0 bridgehead atoms. The first-order valence-corrected chi connectivity index (χ1v) is 6.17. The highest BCUT2D eigenvalue weighted by Crippen LogP contribution is 2.27. The minimum absolute atomic E-state index is 0.577. The molecule has 1 atom stereocenters. The summed E-state index contributed by atoms with van der Waals surface area (Å²) in [5.41, 5.74) is 0. The highest BCUT2D eigenvalue weighted by molar-refractivity contribution is 7.99. The monoisotopic (exact) mass is 214 g/mol. The first-order valence-electron chi connectivity index (χ1n) is 4.03. The number of methoxy groups -OCH3 is 2. The van der Waals surface area contributed by atoms with Gasteiger partial charge < -0.3 is 9.47 Å². The van der Waals surface area contributed by atoms with Gasteiger partial charge in [0.05, 0.1) is 19.1 Å². The molecule has 0 heterocycles. The molecule has 0 radical (unpaired) electrons. The van der Waals surface area contributed by atoms with E-state index in [9.17, 15) is 4.21 Å². The Hall–Kier alpha value is -1.16. The maximum absolute atomic E-state index is 11.8. The van der Waals surface area contributed by atoms with Crippen LogP contribution >= 0.6 is 0 Å². The van der Waals surface area contributed by atoms with E-state index in [0.717, 1.165) is 0 Å². The Labute approximate surface area is 84.7 Å². The highest BCUT2D eigenvalue weighted by atomic mass is 32.2. The Bertz CT molecular complexity index is 421. The smallest absolute Gasteiger partial charge is 0.134 e. The molecule has 14 heavy (non-hydrogen) atoms. The molecule has 1 unspecified atom stereocenters. The molecular weight excluding hydrogens is 200 g/mol. The van der Waals surface area contributed by atoms with Crippen LogP contribution in [0.3, 0.4) is 0 Å². The van der Waals surface area contributed by atoms with E-state index >= 15 is 0 Å². The minimum Gasteiger partial charge on any atom is -0.497 e. The lowest BCUT2D eigenvalue weighted by Gasteiger charge is -2.10. The van der Waals surface area contributed by atoms with Crippen LogP contribution in [0, 0.1) is 0 Å². The van der Waals surface area contributed by atoms with E-state index in [1.807, 2.05) is 0 Å². The zero-order valence-electron chi connectivity index (χ0n) is 8.57. The minimum atomic E-state index is -2.28. The molecule has 78 valence electrons. The first-order chi connectivity index (χ1) is 6.49. The number of benzene rings is 1. The van der Waals surface area contributed by atoms with Crippen molar-refractivity contribution in [2.75, 3.05) is 20.5 Å². The van der Waals surface area contributed by atoms with E-state index in [2.05, 4.69) is 5.87 Å². The molecule has 0 aliphatic rings. The van der Waals surface area contributed by atoms with Crippen molar-refractivity contribution in [2.24, 2.45) is 0 Å². The Kier molecular flexibility index (Phi) is 3.06. The molecule has 1 rings (SSSR count). The van der Waals surface area contributed by atoms with Crippen molar-refractivity contribution in [3.63, 3.8) is 0 Å². The van der Waals surface area contributed by atoms with Gasteiger partial charge in [0.2, 0.25) is 0 Å². The van der Waals surface area contributed by atoms with E-state index in [1.54, 1.807) is 31.6 Å². The molecule has 0 saturated carbocycles. The first kappa shape index (κ1) is 10.9. The van der Waals surface area contributed by atoms with Gasteiger partial charge in [0, 0.05) is 6.26 Å². The summed E-state index contributed by atoms with van der Waals surface area (Å²) < 4.78 is 21.9. The van der Waals surface area contributed by atoms with Gasteiger partial charge >= 0.3 is 0 Å². The van der Waals surface area contributed by atoms with Crippen LogP contribution in [0.25, 0.3) is 0 Å². The van der Waals surface area contributed by atoms with Gasteiger partial charge in [0.1, 0.15) is 11.5 Å². The number of ether oxygens (including phenoxy) is 2. The molecule has 0 spiro atoms. The van der Waals surface area contributed by atoms with Crippen molar-refractivity contribution in [1.29, 1.82) is 0 Å². The third-order valence-corrected chi connectivity index (χ3v) is 3.09. The van der Waals surface area contributed by atoms with Crippen LogP contribution in [-0.4, -0.2) is 30.6 Å². The van der Waals surface area contributed by atoms with Gasteiger partial charge in [-0.2, -0.15) is 0 Å². The Morgan fingerprint density at radius 2 is 1.93 bits per heavy atom. The van der Waals surface area contributed by atoms with E-state index in [4.69, 9.17) is 9.47 Å². The molecule has 4 heteroatoms. The molecule has 0 aromatic heterocycles. The fraction of sp³-hybridized carbons (Fsp3) is 0.300. The largest absolute Gasteiger partial charge is 0.497 e. The van der Waals surface area contributed by atoms with Gasteiger partial charge in [-0.1, -0.05) is 0 Å². The fourth-order valence-corrected chi connectivity index (χ4v) is 2.06. The van der Waals surface area contributed by atoms with Crippen molar-refractivity contribution in [3.8, 4) is 11.5 Å². The molecule has 1 aromatic rings. The Morgan fingerprint density at radius 3 is 2.36 bits per heavy atom. The molecule has 3 nitrogen and oxygen atoms in total. The zero-order chi connectivity index (χ0) is 10.8. The molecule has 0 amide bonds. The second kappa shape index (κ2) is 3.92. The van der Waals surface area contributed by atoms with Crippen LogP contribution in [-0.2, 0) is 9.52 Å². The van der Waals surface area contributed by atoms with Gasteiger partial charge in [-0.05, 0) is 33.6 Å². The summed E-state index contributed by atoms with van der Waals surface area (Å²) >= 11 is 0. The van der Waals surface area contributed by atoms with Gasteiger partial charge in [0.15, 0.2) is 0 Å². The Balaban J connectivity index is 3.37. The number of rotatable bonds is 3. The third kappa shape index (κ3) is 2.20. The van der Waals surface area contributed by atoms with Crippen molar-refractivity contribution < 1.29 is 13.7 Å². The van der Waals surface area contributed by atoms with Crippen molar-refractivity contribution in [2.45, 2.75) is 4.90 Å². The zero-order valence-corrected chi connectivity index (χ0v) is 9.39. The molecular formula is C10H14O3S. The van der Waals surface area contributed by atoms with Crippen LogP contribution in [0.15, 0.2) is 23.1 Å². The summed E-state index contributed by atoms with van der Waals surface area (Å²) in [5, 5.41) is 0. The average molecular weight is 214 g/mol. The van der Waals surface area contributed by atoms with Crippen LogP contribution in [0.4, 0.5) is 0 Å². The van der Waals surface area contributed by atoms with E-state index < -0.39 is 9.52 Å². The van der Waals surface area contributed by atoms with Crippen molar-refractivity contribution >= 4 is 15.4 Å². The van der Waals surface area contributed by atoms with Crippen molar-refractivity contribution in [3.05, 3.63) is 18.2 Å². The SMILES string of the molecule is C=S(C)(=O)c1cc(OC)ccc1OC. The molecule has 0 N–H and O–H groups in total. The van der Waals surface area contributed by atoms with Crippen LogP contribution < -0.4 is 9.47 Å². The number of hydrogen-bond donors (Lipinski definition) is 0. The van der Waals surface area contributed by atoms with Gasteiger partial charge in [-0.25, -0.2) is 0 Å². The molecule has 0 aliphatic carbocycles. The summed E-state index contributed by atoms with van der Waals surface area (Å²) in [6.45, 7) is 0. The van der Waals surface area contributed by atoms with E-state index in [-0.39, 0.29) is 0 Å². The predicted molar refractivity (Wildman–Crippen MR) is 59.0 cm³/mol. The second-order valence-electron chi connectivity index (χ2n) is 3.02. The summed E-state index contributed by atoms with van der Waals surface area (Å²) in [5.74, 6) is 4.85. The fourth-order valence-electron chi connectivity index (χ4n) is 1.12. The highest BCUT2D eigenvalue weighted by Gasteiger charge is 2.10. The predicted octanol–water partition coefficient (Wildman–Crippen LogP) is 1.41. The second-order valence-corrected chi connectivity index (χ2v) is 5.47. The quantitative estimate of drug-likeness (QED) is 0.714. The standard InChI is InChI=1S/C10H14O3S/c1-12-8-5-6-9(13-2)10(7-8)14(3,4)11/h5-7H,3H2,1-2,4H3. The summed E-state index contributed by atoms with van der Waals surface area (Å²) in [6.07, 6.45) is 1.57. The topological polar surface area (TPSA) is 35.5 Å². The lowest BCUT2D eigenvalue weighted by Crippen LogP contribution is -2.00. The van der Waals surface area contributed by atoms with Crippen molar-refractivity contribution in [1.82, 2.24) is 0 Å². The average Bonchev–Trinajstić information content (AvgIpc) is 2.15. The summed E-state index contributed by atoms with van der Waals surface area (Å²) in [7, 11) is 0.817. The van der Waals surface area contributed by atoms with Gasteiger partial charge in [0.25, 0.3) is 0 Å². The number of hydrogen-bond acceptors (Lipinski definition) is 3. The lowest BCUT2D eigenvalue weighted by molar-refractivity contribution is 0.393.